The van der Waals surface area contributed by atoms with Gasteiger partial charge in [0.05, 0.1) is 6.21 Å². The van der Waals surface area contributed by atoms with Crippen LogP contribution >= 0.6 is 0 Å². The molecule has 1 aromatic rings. The summed E-state index contributed by atoms with van der Waals surface area (Å²) in [7, 11) is 0. The lowest BCUT2D eigenvalue weighted by atomic mass is 10.2. The predicted molar refractivity (Wildman–Crippen MR) is 53.0 cm³/mol. The van der Waals surface area contributed by atoms with Gasteiger partial charge in [0.15, 0.2) is 0 Å². The Labute approximate surface area is 85.4 Å². The molecule has 6 nitrogen and oxygen atoms in total. The molecule has 0 saturated carbocycles. The number of carbonyl (C=O) groups excluding carboxylic acids is 2. The number of hydrazone groups is 1. The van der Waals surface area contributed by atoms with E-state index in [1.54, 1.807) is 12.1 Å². The van der Waals surface area contributed by atoms with Crippen molar-refractivity contribution in [2.75, 3.05) is 0 Å². The first-order valence-corrected chi connectivity index (χ1v) is 4.01. The van der Waals surface area contributed by atoms with Gasteiger partial charge in [0.2, 0.25) is 0 Å². The largest absolute Gasteiger partial charge is 0.508 e. The van der Waals surface area contributed by atoms with E-state index < -0.39 is 11.8 Å². The summed E-state index contributed by atoms with van der Waals surface area (Å²) in [6, 6.07) is 6.23. The van der Waals surface area contributed by atoms with Gasteiger partial charge in [0, 0.05) is 0 Å². The number of aromatic hydroxyl groups is 1. The maximum atomic E-state index is 10.7. The van der Waals surface area contributed by atoms with E-state index in [1.807, 2.05) is 5.43 Å². The number of rotatable bonds is 2. The zero-order chi connectivity index (χ0) is 11.3. The number of nitrogens with one attached hydrogen (secondary N) is 1. The zero-order valence-corrected chi connectivity index (χ0v) is 7.68. The van der Waals surface area contributed by atoms with Gasteiger partial charge in [0.1, 0.15) is 5.75 Å². The quantitative estimate of drug-likeness (QED) is 0.340. The fraction of sp³-hybridized carbons (Fsp3) is 0. The first kappa shape index (κ1) is 10.7. The Bertz CT molecular complexity index is 415. The number of amides is 2. The molecule has 2 amide bonds. The molecule has 1 aromatic carbocycles. The van der Waals surface area contributed by atoms with Crippen LogP contribution in [0.2, 0.25) is 0 Å². The Morgan fingerprint density at radius 1 is 1.47 bits per heavy atom. The van der Waals surface area contributed by atoms with E-state index >= 15 is 0 Å². The fourth-order valence-electron chi connectivity index (χ4n) is 0.826. The third kappa shape index (κ3) is 3.47. The summed E-state index contributed by atoms with van der Waals surface area (Å²) in [4.78, 5) is 20.9. The van der Waals surface area contributed by atoms with Crippen LogP contribution in [0.5, 0.6) is 5.75 Å². The number of nitrogens with zero attached hydrogens (tertiary/aromatic N) is 1. The molecule has 6 heteroatoms. The lowest BCUT2D eigenvalue weighted by molar-refractivity contribution is -0.137. The Kier molecular flexibility index (Phi) is 3.39. The van der Waals surface area contributed by atoms with Crippen LogP contribution in [0.3, 0.4) is 0 Å². The molecule has 0 heterocycles. The van der Waals surface area contributed by atoms with E-state index in [9.17, 15) is 9.59 Å². The zero-order valence-electron chi connectivity index (χ0n) is 7.68. The highest BCUT2D eigenvalue weighted by Gasteiger charge is 2.05. The second-order valence-corrected chi connectivity index (χ2v) is 2.66. The van der Waals surface area contributed by atoms with Crippen LogP contribution in [0.1, 0.15) is 5.56 Å². The molecule has 0 fully saturated rings. The fourth-order valence-corrected chi connectivity index (χ4v) is 0.826. The van der Waals surface area contributed by atoms with Crippen LogP contribution < -0.4 is 11.2 Å². The Morgan fingerprint density at radius 2 is 2.20 bits per heavy atom. The third-order valence-corrected chi connectivity index (χ3v) is 1.47. The molecule has 78 valence electrons. The summed E-state index contributed by atoms with van der Waals surface area (Å²) in [5.41, 5.74) is 7.18. The van der Waals surface area contributed by atoms with Crippen molar-refractivity contribution in [2.24, 2.45) is 10.8 Å². The molecule has 0 bridgehead atoms. The number of phenolic OH excluding ortho intramolecular Hbond substituents is 1. The van der Waals surface area contributed by atoms with Gasteiger partial charge in [-0.25, -0.2) is 5.43 Å². The van der Waals surface area contributed by atoms with Crippen molar-refractivity contribution in [3.63, 3.8) is 0 Å². The minimum Gasteiger partial charge on any atom is -0.508 e. The minimum absolute atomic E-state index is 0.0835. The second-order valence-electron chi connectivity index (χ2n) is 2.66. The Hall–Kier alpha value is -2.37. The van der Waals surface area contributed by atoms with Crippen molar-refractivity contribution in [2.45, 2.75) is 0 Å². The normalized spacial score (nSPS) is 10.1. The lowest BCUT2D eigenvalue weighted by Gasteiger charge is -1.95. The van der Waals surface area contributed by atoms with Gasteiger partial charge in [-0.2, -0.15) is 5.10 Å². The molecule has 0 unspecified atom stereocenters. The molecule has 0 atom stereocenters. The molecule has 4 N–H and O–H groups in total. The van der Waals surface area contributed by atoms with Gasteiger partial charge in [-0.3, -0.25) is 9.59 Å². The Balaban J connectivity index is 2.59. The van der Waals surface area contributed by atoms with Gasteiger partial charge >= 0.3 is 11.8 Å². The molecular formula is C9H9N3O3. The molecule has 0 aliphatic carbocycles. The Morgan fingerprint density at radius 3 is 2.80 bits per heavy atom. The topological polar surface area (TPSA) is 105 Å². The molecule has 0 saturated heterocycles. The van der Waals surface area contributed by atoms with E-state index in [1.165, 1.54) is 18.3 Å². The van der Waals surface area contributed by atoms with E-state index in [2.05, 4.69) is 10.8 Å². The van der Waals surface area contributed by atoms with Crippen LogP contribution in [-0.4, -0.2) is 23.1 Å². The highest BCUT2D eigenvalue weighted by atomic mass is 16.3. The number of nitrogens with two attached hydrogens (primary N) is 1. The maximum Gasteiger partial charge on any atom is 0.329 e. The summed E-state index contributed by atoms with van der Waals surface area (Å²) >= 11 is 0. The van der Waals surface area contributed by atoms with Gasteiger partial charge in [-0.05, 0) is 17.7 Å². The first-order chi connectivity index (χ1) is 7.09. The maximum absolute atomic E-state index is 10.7. The van der Waals surface area contributed by atoms with Crippen molar-refractivity contribution in [3.8, 4) is 5.75 Å². The van der Waals surface area contributed by atoms with Gasteiger partial charge in [-0.1, -0.05) is 12.1 Å². The van der Waals surface area contributed by atoms with E-state index in [-0.39, 0.29) is 5.75 Å². The molecule has 0 spiro atoms. The SMILES string of the molecule is NC(=O)C(=O)N/N=C/c1cccc(O)c1. The average Bonchev–Trinajstić information content (AvgIpc) is 2.17. The summed E-state index contributed by atoms with van der Waals surface area (Å²) in [6.45, 7) is 0. The van der Waals surface area contributed by atoms with Crippen LogP contribution in [0, 0.1) is 0 Å². The highest BCUT2D eigenvalue weighted by molar-refractivity contribution is 6.34. The van der Waals surface area contributed by atoms with Gasteiger partial charge < -0.3 is 10.8 Å². The van der Waals surface area contributed by atoms with Crippen molar-refractivity contribution in [1.29, 1.82) is 0 Å². The first-order valence-electron chi connectivity index (χ1n) is 4.01. The van der Waals surface area contributed by atoms with Gasteiger partial charge in [0.25, 0.3) is 0 Å². The second kappa shape index (κ2) is 4.75. The van der Waals surface area contributed by atoms with E-state index in [4.69, 9.17) is 5.11 Å². The lowest BCUT2D eigenvalue weighted by Crippen LogP contribution is -2.32. The number of primary amides is 1. The third-order valence-electron chi connectivity index (χ3n) is 1.47. The van der Waals surface area contributed by atoms with Crippen LogP contribution in [-0.2, 0) is 9.59 Å². The van der Waals surface area contributed by atoms with Crippen molar-refractivity contribution in [1.82, 2.24) is 5.43 Å². The van der Waals surface area contributed by atoms with Crippen LogP contribution in [0.25, 0.3) is 0 Å². The molecule has 0 aliphatic heterocycles. The van der Waals surface area contributed by atoms with Gasteiger partial charge in [-0.15, -0.1) is 0 Å². The average molecular weight is 207 g/mol. The highest BCUT2D eigenvalue weighted by Crippen LogP contribution is 2.08. The van der Waals surface area contributed by atoms with Crippen molar-refractivity contribution in [3.05, 3.63) is 29.8 Å². The molecular weight excluding hydrogens is 198 g/mol. The smallest absolute Gasteiger partial charge is 0.329 e. The number of hydrogen-bond donors (Lipinski definition) is 3. The number of phenols is 1. The molecule has 0 radical (unpaired) electrons. The summed E-state index contributed by atoms with van der Waals surface area (Å²) in [5.74, 6) is -2.02. The van der Waals surface area contributed by atoms with Crippen LogP contribution in [0.4, 0.5) is 0 Å². The number of benzene rings is 1. The predicted octanol–water partition coefficient (Wildman–Crippen LogP) is -0.672. The molecule has 1 rings (SSSR count). The molecule has 0 aromatic heterocycles. The summed E-state index contributed by atoms with van der Waals surface area (Å²) in [6.07, 6.45) is 1.28. The minimum atomic E-state index is -1.11. The van der Waals surface area contributed by atoms with E-state index in [0.717, 1.165) is 0 Å². The van der Waals surface area contributed by atoms with Crippen molar-refractivity contribution >= 4 is 18.0 Å². The summed E-state index contributed by atoms with van der Waals surface area (Å²) < 4.78 is 0. The van der Waals surface area contributed by atoms with Crippen molar-refractivity contribution < 1.29 is 14.7 Å². The monoisotopic (exact) mass is 207 g/mol. The number of hydrogen-bond acceptors (Lipinski definition) is 4. The van der Waals surface area contributed by atoms with E-state index in [0.29, 0.717) is 5.56 Å². The molecule has 0 aliphatic rings. The summed E-state index contributed by atoms with van der Waals surface area (Å²) in [5, 5.41) is 12.6. The number of carbonyl (C=O) groups is 2. The van der Waals surface area contributed by atoms with Crippen LogP contribution in [0.15, 0.2) is 29.4 Å². The molecule has 15 heavy (non-hydrogen) atoms. The standard InChI is InChI=1S/C9H9N3O3/c10-8(14)9(15)12-11-5-6-2-1-3-7(13)4-6/h1-5,13H,(H2,10,14)(H,12,15)/b11-5+.